The van der Waals surface area contributed by atoms with Crippen LogP contribution in [0.4, 0.5) is 0 Å². The molecule has 5 rings (SSSR count). The van der Waals surface area contributed by atoms with Crippen molar-refractivity contribution >= 4 is 11.8 Å². The van der Waals surface area contributed by atoms with Gasteiger partial charge < -0.3 is 10.2 Å². The van der Waals surface area contributed by atoms with Crippen LogP contribution in [0.15, 0.2) is 42.5 Å². The van der Waals surface area contributed by atoms with E-state index in [4.69, 9.17) is 0 Å². The van der Waals surface area contributed by atoms with Gasteiger partial charge in [0, 0.05) is 12.3 Å². The van der Waals surface area contributed by atoms with E-state index in [-0.39, 0.29) is 17.1 Å². The largest absolute Gasteiger partial charge is 0.508 e. The fourth-order valence-electron chi connectivity index (χ4n) is 7.35. The number of aryl methyl sites for hydroxylation is 2. The summed E-state index contributed by atoms with van der Waals surface area (Å²) < 4.78 is 0. The second kappa shape index (κ2) is 8.06. The van der Waals surface area contributed by atoms with Crippen molar-refractivity contribution < 1.29 is 19.8 Å². The lowest BCUT2D eigenvalue weighted by atomic mass is 9.53. The summed E-state index contributed by atoms with van der Waals surface area (Å²) in [5.74, 6) is 1.66. The Morgan fingerprint density at radius 2 is 1.81 bits per heavy atom. The summed E-state index contributed by atoms with van der Waals surface area (Å²) in [6.45, 7) is 2.37. The van der Waals surface area contributed by atoms with Gasteiger partial charge in [0.2, 0.25) is 0 Å². The highest BCUT2D eigenvalue weighted by atomic mass is 16.4. The number of rotatable bonds is 5. The standard InChI is InChI=1S/C28H32O4/c1-28-15-14-22-21-9-6-19(27(31)32)16-18(21)5-10-23(22)24(28)11-12-25(28)26(30)13-4-17-2-7-20(29)8-3-17/h2-3,6-9,16,22-25,29H,4-5,10-15H2,1H3,(H,31,32)/t22-,23-,24+,25-,28+/m1/s1. The van der Waals surface area contributed by atoms with Gasteiger partial charge in [0.25, 0.3) is 0 Å². The smallest absolute Gasteiger partial charge is 0.335 e. The number of hydrogen-bond donors (Lipinski definition) is 2. The average Bonchev–Trinajstić information content (AvgIpc) is 3.15. The number of carboxylic acids is 1. The SMILES string of the molecule is C[C@]12CC[C@@H]3c4ccc(C(=O)O)cc4CC[C@H]3[C@@H]1CC[C@@H]2C(=O)CCc1ccc(O)cc1. The second-order valence-electron chi connectivity index (χ2n) is 10.4. The van der Waals surface area contributed by atoms with E-state index in [9.17, 15) is 19.8 Å². The highest BCUT2D eigenvalue weighted by Gasteiger charge is 2.56. The first-order valence-electron chi connectivity index (χ1n) is 12.0. The van der Waals surface area contributed by atoms with Gasteiger partial charge in [-0.3, -0.25) is 4.79 Å². The Labute approximate surface area is 189 Å². The Morgan fingerprint density at radius 1 is 1.03 bits per heavy atom. The van der Waals surface area contributed by atoms with Crippen molar-refractivity contribution in [3.63, 3.8) is 0 Å². The number of hydrogen-bond acceptors (Lipinski definition) is 3. The van der Waals surface area contributed by atoms with Crippen LogP contribution in [0.2, 0.25) is 0 Å². The predicted molar refractivity (Wildman–Crippen MR) is 123 cm³/mol. The van der Waals surface area contributed by atoms with Crippen LogP contribution in [0, 0.1) is 23.2 Å². The van der Waals surface area contributed by atoms with Crippen molar-refractivity contribution in [2.75, 3.05) is 0 Å². The quantitative estimate of drug-likeness (QED) is 0.629. The molecule has 0 bridgehead atoms. The van der Waals surface area contributed by atoms with E-state index in [1.807, 2.05) is 18.2 Å². The summed E-state index contributed by atoms with van der Waals surface area (Å²) in [4.78, 5) is 24.7. The molecule has 2 N–H and O–H groups in total. The zero-order valence-corrected chi connectivity index (χ0v) is 18.7. The molecular weight excluding hydrogens is 400 g/mol. The van der Waals surface area contributed by atoms with Gasteiger partial charge in [0.05, 0.1) is 5.56 Å². The molecule has 0 heterocycles. The zero-order valence-electron chi connectivity index (χ0n) is 18.7. The van der Waals surface area contributed by atoms with Gasteiger partial charge in [-0.1, -0.05) is 25.1 Å². The van der Waals surface area contributed by atoms with E-state index in [1.165, 1.54) is 11.1 Å². The van der Waals surface area contributed by atoms with Crippen LogP contribution in [0.5, 0.6) is 5.75 Å². The van der Waals surface area contributed by atoms with Crippen LogP contribution < -0.4 is 0 Å². The van der Waals surface area contributed by atoms with Crippen molar-refractivity contribution in [1.82, 2.24) is 0 Å². The molecule has 2 aromatic rings. The lowest BCUT2D eigenvalue weighted by molar-refractivity contribution is -0.128. The van der Waals surface area contributed by atoms with Crippen molar-refractivity contribution in [2.24, 2.45) is 23.2 Å². The highest BCUT2D eigenvalue weighted by Crippen LogP contribution is 2.63. The molecule has 3 aliphatic rings. The number of phenols is 1. The third kappa shape index (κ3) is 3.54. The molecule has 168 valence electrons. The number of aromatic hydroxyl groups is 1. The van der Waals surface area contributed by atoms with Crippen molar-refractivity contribution in [2.45, 2.75) is 64.2 Å². The minimum Gasteiger partial charge on any atom is -0.508 e. The number of benzene rings is 2. The minimum absolute atomic E-state index is 0.0890. The van der Waals surface area contributed by atoms with Crippen molar-refractivity contribution in [3.8, 4) is 5.75 Å². The number of carbonyl (C=O) groups excluding carboxylic acids is 1. The normalized spacial score (nSPS) is 30.8. The van der Waals surface area contributed by atoms with Gasteiger partial charge >= 0.3 is 5.97 Å². The molecule has 4 nitrogen and oxygen atoms in total. The van der Waals surface area contributed by atoms with E-state index >= 15 is 0 Å². The molecule has 2 aromatic carbocycles. The Morgan fingerprint density at radius 3 is 2.56 bits per heavy atom. The maximum atomic E-state index is 13.3. The molecule has 0 saturated heterocycles. The van der Waals surface area contributed by atoms with Gasteiger partial charge in [-0.25, -0.2) is 4.79 Å². The second-order valence-corrected chi connectivity index (χ2v) is 10.4. The third-order valence-corrected chi connectivity index (χ3v) is 8.96. The van der Waals surface area contributed by atoms with Crippen LogP contribution in [0.25, 0.3) is 0 Å². The maximum absolute atomic E-state index is 13.3. The number of fused-ring (bicyclic) bond motifs is 5. The van der Waals surface area contributed by atoms with Crippen molar-refractivity contribution in [3.05, 3.63) is 64.7 Å². The molecule has 2 saturated carbocycles. The van der Waals surface area contributed by atoms with E-state index in [0.29, 0.717) is 35.5 Å². The Kier molecular flexibility index (Phi) is 5.35. The predicted octanol–water partition coefficient (Wildman–Crippen LogP) is 5.76. The summed E-state index contributed by atoms with van der Waals surface area (Å²) in [6, 6.07) is 12.9. The lowest BCUT2D eigenvalue weighted by Gasteiger charge is -2.50. The summed E-state index contributed by atoms with van der Waals surface area (Å²) in [6.07, 6.45) is 7.68. The first kappa shape index (κ1) is 21.2. The molecule has 0 aliphatic heterocycles. The number of phenolic OH excluding ortho intramolecular Hbond substituents is 1. The highest BCUT2D eigenvalue weighted by molar-refractivity contribution is 5.88. The fraction of sp³-hybridized carbons (Fsp3) is 0.500. The number of aromatic carboxylic acids is 1. The van der Waals surface area contributed by atoms with Crippen LogP contribution in [-0.2, 0) is 17.6 Å². The summed E-state index contributed by atoms with van der Waals surface area (Å²) >= 11 is 0. The Bertz CT molecular complexity index is 1040. The first-order valence-corrected chi connectivity index (χ1v) is 12.0. The van der Waals surface area contributed by atoms with Crippen LogP contribution >= 0.6 is 0 Å². The van der Waals surface area contributed by atoms with Gasteiger partial charge in [0.15, 0.2) is 0 Å². The van der Waals surface area contributed by atoms with E-state index < -0.39 is 5.97 Å². The number of carbonyl (C=O) groups is 2. The van der Waals surface area contributed by atoms with Crippen LogP contribution in [-0.4, -0.2) is 22.0 Å². The molecule has 0 amide bonds. The first-order chi connectivity index (χ1) is 15.4. The summed E-state index contributed by atoms with van der Waals surface area (Å²) in [7, 11) is 0. The molecule has 0 unspecified atom stereocenters. The van der Waals surface area contributed by atoms with Gasteiger partial charge in [-0.05, 0) is 109 Å². The number of carboxylic acid groups (broad SMARTS) is 1. The van der Waals surface area contributed by atoms with Gasteiger partial charge in [0.1, 0.15) is 11.5 Å². The zero-order chi connectivity index (χ0) is 22.5. The molecular formula is C28H32O4. The molecule has 32 heavy (non-hydrogen) atoms. The molecule has 0 aromatic heterocycles. The van der Waals surface area contributed by atoms with Crippen molar-refractivity contribution in [1.29, 1.82) is 0 Å². The fourth-order valence-corrected chi connectivity index (χ4v) is 7.35. The third-order valence-electron chi connectivity index (χ3n) is 8.96. The molecule has 0 spiro atoms. The lowest BCUT2D eigenvalue weighted by Crippen LogP contribution is -2.44. The Balaban J connectivity index is 1.31. The monoisotopic (exact) mass is 432 g/mol. The van der Waals surface area contributed by atoms with Gasteiger partial charge in [-0.2, -0.15) is 0 Å². The van der Waals surface area contributed by atoms with E-state index in [2.05, 4.69) is 13.0 Å². The summed E-state index contributed by atoms with van der Waals surface area (Å²) in [5, 5.41) is 18.8. The maximum Gasteiger partial charge on any atom is 0.335 e. The van der Waals surface area contributed by atoms with Crippen LogP contribution in [0.3, 0.4) is 0 Å². The molecule has 5 atom stereocenters. The molecule has 3 aliphatic carbocycles. The summed E-state index contributed by atoms with van der Waals surface area (Å²) in [5.41, 5.74) is 4.16. The number of Topliss-reactive ketones (excluding diaryl/α,β-unsaturated/α-hetero) is 1. The van der Waals surface area contributed by atoms with E-state index in [0.717, 1.165) is 50.5 Å². The topological polar surface area (TPSA) is 74.6 Å². The minimum atomic E-state index is -0.851. The van der Waals surface area contributed by atoms with Crippen LogP contribution in [0.1, 0.15) is 78.4 Å². The van der Waals surface area contributed by atoms with E-state index in [1.54, 1.807) is 18.2 Å². The molecule has 2 fully saturated rings. The van der Waals surface area contributed by atoms with Gasteiger partial charge in [-0.15, -0.1) is 0 Å². The molecule has 0 radical (unpaired) electrons. The Hall–Kier alpha value is -2.62. The average molecular weight is 433 g/mol. The number of ketones is 1. The molecule has 4 heteroatoms.